The van der Waals surface area contributed by atoms with Crippen LogP contribution in [0.1, 0.15) is 23.5 Å². The quantitative estimate of drug-likeness (QED) is 0.743. The van der Waals surface area contributed by atoms with E-state index in [-0.39, 0.29) is 18.2 Å². The standard InChI is InChI=1S/C15H11Cl2FO/c16-12-3-1-2-11(8-12)14(9-15(17)19)10-4-6-13(18)7-5-10/h1-8,14H,9H2. The van der Waals surface area contributed by atoms with Crippen LogP contribution < -0.4 is 0 Å². The number of benzene rings is 2. The number of rotatable bonds is 4. The predicted octanol–water partition coefficient (Wildman–Crippen LogP) is 4.77. The van der Waals surface area contributed by atoms with Gasteiger partial charge in [-0.3, -0.25) is 4.79 Å². The van der Waals surface area contributed by atoms with Crippen molar-refractivity contribution in [2.24, 2.45) is 0 Å². The lowest BCUT2D eigenvalue weighted by molar-refractivity contribution is -0.111. The monoisotopic (exact) mass is 296 g/mol. The van der Waals surface area contributed by atoms with Gasteiger partial charge in [0.05, 0.1) is 0 Å². The molecule has 2 aromatic rings. The second-order valence-electron chi connectivity index (χ2n) is 4.22. The molecule has 0 aromatic heterocycles. The highest BCUT2D eigenvalue weighted by Crippen LogP contribution is 2.30. The highest BCUT2D eigenvalue weighted by Gasteiger charge is 2.17. The third-order valence-corrected chi connectivity index (χ3v) is 3.28. The molecule has 1 atom stereocenters. The molecule has 0 aliphatic heterocycles. The highest BCUT2D eigenvalue weighted by molar-refractivity contribution is 6.63. The average molecular weight is 297 g/mol. The first kappa shape index (κ1) is 14.0. The van der Waals surface area contributed by atoms with E-state index in [1.165, 1.54) is 12.1 Å². The van der Waals surface area contributed by atoms with Crippen LogP contribution in [0, 0.1) is 5.82 Å². The molecule has 2 rings (SSSR count). The van der Waals surface area contributed by atoms with E-state index in [0.29, 0.717) is 5.02 Å². The first-order valence-corrected chi connectivity index (χ1v) is 6.51. The summed E-state index contributed by atoms with van der Waals surface area (Å²) in [5.41, 5.74) is 1.71. The normalized spacial score (nSPS) is 12.2. The van der Waals surface area contributed by atoms with E-state index in [4.69, 9.17) is 23.2 Å². The summed E-state index contributed by atoms with van der Waals surface area (Å²) in [5.74, 6) is -0.532. The molecule has 0 saturated heterocycles. The fourth-order valence-corrected chi connectivity index (χ4v) is 2.36. The van der Waals surface area contributed by atoms with Gasteiger partial charge in [-0.1, -0.05) is 35.9 Å². The molecule has 0 fully saturated rings. The minimum atomic E-state index is -0.436. The summed E-state index contributed by atoms with van der Waals surface area (Å²) in [5, 5.41) is 0.154. The van der Waals surface area contributed by atoms with Gasteiger partial charge in [0.25, 0.3) is 0 Å². The molecule has 1 nitrogen and oxygen atoms in total. The van der Waals surface area contributed by atoms with E-state index in [1.807, 2.05) is 12.1 Å². The summed E-state index contributed by atoms with van der Waals surface area (Å²) >= 11 is 11.5. The minimum absolute atomic E-state index is 0.146. The first-order chi connectivity index (χ1) is 9.06. The molecule has 4 heteroatoms. The predicted molar refractivity (Wildman–Crippen MR) is 75.2 cm³/mol. The van der Waals surface area contributed by atoms with Crippen LogP contribution >= 0.6 is 23.2 Å². The topological polar surface area (TPSA) is 17.1 Å². The van der Waals surface area contributed by atoms with Gasteiger partial charge in [0.1, 0.15) is 5.82 Å². The van der Waals surface area contributed by atoms with Gasteiger partial charge in [0, 0.05) is 17.4 Å². The Labute approximate surface area is 121 Å². The van der Waals surface area contributed by atoms with Crippen LogP contribution in [0.3, 0.4) is 0 Å². The Morgan fingerprint density at radius 2 is 1.79 bits per heavy atom. The molecule has 0 amide bonds. The summed E-state index contributed by atoms with van der Waals surface area (Å²) in [7, 11) is 0. The molecule has 0 radical (unpaired) electrons. The Balaban J connectivity index is 2.40. The maximum atomic E-state index is 13.0. The highest BCUT2D eigenvalue weighted by atomic mass is 35.5. The largest absolute Gasteiger partial charge is 0.281 e. The third kappa shape index (κ3) is 3.79. The second kappa shape index (κ2) is 6.18. The molecule has 19 heavy (non-hydrogen) atoms. The minimum Gasteiger partial charge on any atom is -0.281 e. The molecule has 0 spiro atoms. The lowest BCUT2D eigenvalue weighted by Gasteiger charge is -2.16. The molecule has 0 aliphatic carbocycles. The smallest absolute Gasteiger partial charge is 0.222 e. The Kier molecular flexibility index (Phi) is 4.56. The molecule has 0 bridgehead atoms. The molecular formula is C15H11Cl2FO. The van der Waals surface area contributed by atoms with Crippen molar-refractivity contribution >= 4 is 28.4 Å². The van der Waals surface area contributed by atoms with Crippen molar-refractivity contribution in [1.82, 2.24) is 0 Å². The van der Waals surface area contributed by atoms with Gasteiger partial charge >= 0.3 is 0 Å². The van der Waals surface area contributed by atoms with Crippen LogP contribution in [0.2, 0.25) is 5.02 Å². The molecule has 0 saturated carbocycles. The van der Waals surface area contributed by atoms with Crippen molar-refractivity contribution in [2.75, 3.05) is 0 Å². The van der Waals surface area contributed by atoms with Gasteiger partial charge in [-0.2, -0.15) is 0 Å². The van der Waals surface area contributed by atoms with E-state index in [1.54, 1.807) is 24.3 Å². The fraction of sp³-hybridized carbons (Fsp3) is 0.133. The zero-order chi connectivity index (χ0) is 13.8. The van der Waals surface area contributed by atoms with E-state index in [2.05, 4.69) is 0 Å². The Morgan fingerprint density at radius 1 is 1.11 bits per heavy atom. The number of carbonyl (C=O) groups excluding carboxylic acids is 1. The van der Waals surface area contributed by atoms with Crippen molar-refractivity contribution in [2.45, 2.75) is 12.3 Å². The number of hydrogen-bond acceptors (Lipinski definition) is 1. The fourth-order valence-electron chi connectivity index (χ4n) is 2.01. The molecule has 0 heterocycles. The van der Waals surface area contributed by atoms with Crippen molar-refractivity contribution in [3.63, 3.8) is 0 Å². The molecule has 1 unspecified atom stereocenters. The summed E-state index contributed by atoms with van der Waals surface area (Å²) in [4.78, 5) is 11.2. The van der Waals surface area contributed by atoms with Gasteiger partial charge < -0.3 is 0 Å². The second-order valence-corrected chi connectivity index (χ2v) is 5.08. The molecule has 98 valence electrons. The van der Waals surface area contributed by atoms with Crippen LogP contribution in [0.4, 0.5) is 4.39 Å². The maximum Gasteiger partial charge on any atom is 0.222 e. The van der Waals surface area contributed by atoms with Gasteiger partial charge in [-0.05, 0) is 47.0 Å². The zero-order valence-electron chi connectivity index (χ0n) is 9.95. The third-order valence-electron chi connectivity index (χ3n) is 2.89. The average Bonchev–Trinajstić information content (AvgIpc) is 2.37. The SMILES string of the molecule is O=C(Cl)CC(c1ccc(F)cc1)c1cccc(Cl)c1. The van der Waals surface area contributed by atoms with Gasteiger partial charge in [-0.25, -0.2) is 4.39 Å². The van der Waals surface area contributed by atoms with Crippen molar-refractivity contribution < 1.29 is 9.18 Å². The Hall–Kier alpha value is -1.38. The summed E-state index contributed by atoms with van der Waals surface area (Å²) in [6.07, 6.45) is 0.146. The molecular weight excluding hydrogens is 286 g/mol. The maximum absolute atomic E-state index is 13.0. The molecule has 0 aliphatic rings. The molecule has 2 aromatic carbocycles. The van der Waals surface area contributed by atoms with Crippen molar-refractivity contribution in [3.05, 3.63) is 70.5 Å². The van der Waals surface area contributed by atoms with E-state index >= 15 is 0 Å². The van der Waals surface area contributed by atoms with E-state index in [9.17, 15) is 9.18 Å². The first-order valence-electron chi connectivity index (χ1n) is 5.75. The Morgan fingerprint density at radius 3 is 2.37 bits per heavy atom. The van der Waals surface area contributed by atoms with Crippen LogP contribution in [-0.2, 0) is 4.79 Å². The number of hydrogen-bond donors (Lipinski definition) is 0. The van der Waals surface area contributed by atoms with Crippen molar-refractivity contribution in [1.29, 1.82) is 0 Å². The van der Waals surface area contributed by atoms with Gasteiger partial charge in [0.15, 0.2) is 0 Å². The lowest BCUT2D eigenvalue weighted by atomic mass is 9.89. The van der Waals surface area contributed by atoms with Crippen LogP contribution in [0.5, 0.6) is 0 Å². The van der Waals surface area contributed by atoms with Crippen molar-refractivity contribution in [3.8, 4) is 0 Å². The van der Waals surface area contributed by atoms with Gasteiger partial charge in [-0.15, -0.1) is 0 Å². The van der Waals surface area contributed by atoms with Crippen LogP contribution in [0.15, 0.2) is 48.5 Å². The lowest BCUT2D eigenvalue weighted by Crippen LogP contribution is -2.05. The van der Waals surface area contributed by atoms with Gasteiger partial charge in [0.2, 0.25) is 5.24 Å². The summed E-state index contributed by atoms with van der Waals surface area (Å²) < 4.78 is 13.0. The van der Waals surface area contributed by atoms with Crippen LogP contribution in [-0.4, -0.2) is 5.24 Å². The van der Waals surface area contributed by atoms with E-state index < -0.39 is 5.24 Å². The van der Waals surface area contributed by atoms with E-state index in [0.717, 1.165) is 11.1 Å². The molecule has 0 N–H and O–H groups in total. The summed E-state index contributed by atoms with van der Waals surface area (Å²) in [6, 6.07) is 13.3. The number of carbonyl (C=O) groups is 1. The summed E-state index contributed by atoms with van der Waals surface area (Å²) in [6.45, 7) is 0. The van der Waals surface area contributed by atoms with Crippen LogP contribution in [0.25, 0.3) is 0 Å². The number of halogens is 3. The zero-order valence-corrected chi connectivity index (χ0v) is 11.5. The Bertz CT molecular complexity index is 581.